The molecular weight excluding hydrogens is 364 g/mol. The van der Waals surface area contributed by atoms with Crippen molar-refractivity contribution in [3.05, 3.63) is 58.9 Å². The van der Waals surface area contributed by atoms with Gasteiger partial charge in [0, 0.05) is 12.1 Å². The molecule has 3 rings (SSSR count). The third kappa shape index (κ3) is 3.44. The first-order valence-electron chi connectivity index (χ1n) is 7.09. The predicted octanol–water partition coefficient (Wildman–Crippen LogP) is 1.38. The average Bonchev–Trinajstić information content (AvgIpc) is 3.16. The fourth-order valence-electron chi connectivity index (χ4n) is 2.17. The highest BCUT2D eigenvalue weighted by Crippen LogP contribution is 2.31. The molecule has 2 aromatic carbocycles. The molecule has 0 atom stereocenters. The first-order chi connectivity index (χ1) is 12.4. The van der Waals surface area contributed by atoms with Gasteiger partial charge in [0.25, 0.3) is 15.7 Å². The molecule has 0 amide bonds. The van der Waals surface area contributed by atoms with Crippen LogP contribution in [0.2, 0.25) is 0 Å². The predicted molar refractivity (Wildman–Crippen MR) is 89.6 cm³/mol. The zero-order valence-corrected chi connectivity index (χ0v) is 14.1. The number of hydrogen-bond donors (Lipinski definition) is 1. The lowest BCUT2D eigenvalue weighted by atomic mass is 10.2. The minimum atomic E-state index is -4.04. The third-order valence-corrected chi connectivity index (χ3v) is 4.74. The van der Waals surface area contributed by atoms with Crippen molar-refractivity contribution in [2.24, 2.45) is 0 Å². The Bertz CT molecular complexity index is 1050. The number of rotatable bonds is 6. The summed E-state index contributed by atoms with van der Waals surface area (Å²) < 4.78 is 34.0. The number of nitro benzene ring substituents is 1. The molecule has 1 N–H and O–H groups in total. The maximum atomic E-state index is 12.7. The standard InChI is InChI=1S/C14H12N6O5S/c1-25-14-6-5-11(20(21)22)8-13(14)16-26(23,24)12-4-2-3-10(7-12)19-9-15-17-18-19/h2-9,16H,1H3. The maximum Gasteiger partial charge on any atom is 0.271 e. The molecule has 0 spiro atoms. The molecule has 0 bridgehead atoms. The first kappa shape index (κ1) is 17.3. The van der Waals surface area contributed by atoms with Gasteiger partial charge in [0.2, 0.25) is 0 Å². The van der Waals surface area contributed by atoms with Gasteiger partial charge in [0.05, 0.1) is 28.3 Å². The van der Waals surface area contributed by atoms with Gasteiger partial charge in [-0.2, -0.15) is 0 Å². The number of ether oxygens (including phenoxy) is 1. The highest BCUT2D eigenvalue weighted by molar-refractivity contribution is 7.92. The second-order valence-electron chi connectivity index (χ2n) is 5.00. The number of benzene rings is 2. The van der Waals surface area contributed by atoms with Crippen molar-refractivity contribution in [3.63, 3.8) is 0 Å². The molecular formula is C14H12N6O5S. The summed E-state index contributed by atoms with van der Waals surface area (Å²) in [5, 5.41) is 21.6. The van der Waals surface area contributed by atoms with Crippen molar-refractivity contribution < 1.29 is 18.1 Å². The van der Waals surface area contributed by atoms with E-state index in [9.17, 15) is 18.5 Å². The van der Waals surface area contributed by atoms with Gasteiger partial charge in [-0.25, -0.2) is 13.1 Å². The summed E-state index contributed by atoms with van der Waals surface area (Å²) >= 11 is 0. The Morgan fingerprint density at radius 1 is 1.23 bits per heavy atom. The zero-order valence-electron chi connectivity index (χ0n) is 13.3. The topological polar surface area (TPSA) is 142 Å². The quantitative estimate of drug-likeness (QED) is 0.502. The molecule has 134 valence electrons. The largest absolute Gasteiger partial charge is 0.495 e. The molecule has 0 unspecified atom stereocenters. The van der Waals surface area contributed by atoms with Crippen LogP contribution in [-0.2, 0) is 10.0 Å². The van der Waals surface area contributed by atoms with Crippen LogP contribution in [0, 0.1) is 10.1 Å². The van der Waals surface area contributed by atoms with Crippen LogP contribution in [0.25, 0.3) is 5.69 Å². The van der Waals surface area contributed by atoms with Crippen molar-refractivity contribution in [1.29, 1.82) is 0 Å². The Balaban J connectivity index is 1.98. The van der Waals surface area contributed by atoms with E-state index >= 15 is 0 Å². The summed E-state index contributed by atoms with van der Waals surface area (Å²) in [4.78, 5) is 10.2. The SMILES string of the molecule is COc1ccc([N+](=O)[O-])cc1NS(=O)(=O)c1cccc(-n2cnnn2)c1. The van der Waals surface area contributed by atoms with Crippen LogP contribution in [0.1, 0.15) is 0 Å². The summed E-state index contributed by atoms with van der Waals surface area (Å²) in [6.45, 7) is 0. The second-order valence-corrected chi connectivity index (χ2v) is 6.68. The van der Waals surface area contributed by atoms with Crippen LogP contribution < -0.4 is 9.46 Å². The number of methoxy groups -OCH3 is 1. The average molecular weight is 376 g/mol. The third-order valence-electron chi connectivity index (χ3n) is 3.38. The van der Waals surface area contributed by atoms with Gasteiger partial charge in [0.15, 0.2) is 0 Å². The molecule has 0 aliphatic heterocycles. The van der Waals surface area contributed by atoms with Gasteiger partial charge < -0.3 is 4.74 Å². The molecule has 1 heterocycles. The molecule has 12 heteroatoms. The lowest BCUT2D eigenvalue weighted by Gasteiger charge is -2.12. The Morgan fingerprint density at radius 2 is 2.04 bits per heavy atom. The lowest BCUT2D eigenvalue weighted by Crippen LogP contribution is -2.14. The molecule has 11 nitrogen and oxygen atoms in total. The minimum absolute atomic E-state index is 0.0467. The second kappa shape index (κ2) is 6.76. The molecule has 0 saturated heterocycles. The van der Waals surface area contributed by atoms with Crippen LogP contribution in [-0.4, -0.2) is 40.7 Å². The van der Waals surface area contributed by atoms with Crippen molar-refractivity contribution >= 4 is 21.4 Å². The number of non-ortho nitro benzene ring substituents is 1. The van der Waals surface area contributed by atoms with Crippen LogP contribution in [0.4, 0.5) is 11.4 Å². The maximum absolute atomic E-state index is 12.7. The smallest absolute Gasteiger partial charge is 0.271 e. The van der Waals surface area contributed by atoms with Crippen molar-refractivity contribution in [1.82, 2.24) is 20.2 Å². The number of anilines is 1. The van der Waals surface area contributed by atoms with Crippen molar-refractivity contribution in [3.8, 4) is 11.4 Å². The van der Waals surface area contributed by atoms with E-state index in [-0.39, 0.29) is 22.0 Å². The Hall–Kier alpha value is -3.54. The molecule has 3 aromatic rings. The van der Waals surface area contributed by atoms with Gasteiger partial charge in [-0.1, -0.05) is 6.07 Å². The number of tetrazole rings is 1. The first-order valence-corrected chi connectivity index (χ1v) is 8.58. The van der Waals surface area contributed by atoms with E-state index < -0.39 is 14.9 Å². The number of hydrogen-bond acceptors (Lipinski definition) is 8. The Kier molecular flexibility index (Phi) is 4.49. The van der Waals surface area contributed by atoms with Crippen LogP contribution >= 0.6 is 0 Å². The summed E-state index contributed by atoms with van der Waals surface area (Å²) in [6.07, 6.45) is 1.32. The fraction of sp³-hybridized carbons (Fsp3) is 0.0714. The van der Waals surface area contributed by atoms with Crippen LogP contribution in [0.3, 0.4) is 0 Å². The van der Waals surface area contributed by atoms with E-state index in [0.717, 1.165) is 6.07 Å². The van der Waals surface area contributed by atoms with E-state index in [1.165, 1.54) is 48.5 Å². The molecule has 0 aliphatic rings. The van der Waals surface area contributed by atoms with Gasteiger partial charge in [-0.15, -0.1) is 5.10 Å². The summed E-state index contributed by atoms with van der Waals surface area (Å²) in [7, 11) is -2.71. The van der Waals surface area contributed by atoms with Crippen LogP contribution in [0.5, 0.6) is 5.75 Å². The summed E-state index contributed by atoms with van der Waals surface area (Å²) in [5.41, 5.74) is 0.115. The highest BCUT2D eigenvalue weighted by Gasteiger charge is 2.20. The zero-order chi connectivity index (χ0) is 18.7. The summed E-state index contributed by atoms with van der Waals surface area (Å²) in [5.74, 6) is 0.149. The number of nitrogens with zero attached hydrogens (tertiary/aromatic N) is 5. The van der Waals surface area contributed by atoms with Crippen molar-refractivity contribution in [2.45, 2.75) is 4.90 Å². The van der Waals surface area contributed by atoms with E-state index in [0.29, 0.717) is 5.69 Å². The monoisotopic (exact) mass is 376 g/mol. The van der Waals surface area contributed by atoms with Crippen molar-refractivity contribution in [2.75, 3.05) is 11.8 Å². The molecule has 0 fully saturated rings. The molecule has 1 aromatic heterocycles. The van der Waals surface area contributed by atoms with Gasteiger partial charge >= 0.3 is 0 Å². The van der Waals surface area contributed by atoms with E-state index in [1.807, 2.05) is 0 Å². The Labute approximate surface area is 147 Å². The molecule has 0 saturated carbocycles. The molecule has 26 heavy (non-hydrogen) atoms. The number of aromatic nitrogens is 4. The van der Waals surface area contributed by atoms with E-state index in [2.05, 4.69) is 20.2 Å². The van der Waals surface area contributed by atoms with Crippen LogP contribution in [0.15, 0.2) is 53.7 Å². The van der Waals surface area contributed by atoms with Gasteiger partial charge in [-0.3, -0.25) is 14.8 Å². The number of nitrogens with one attached hydrogen (secondary N) is 1. The normalized spacial score (nSPS) is 11.1. The van der Waals surface area contributed by atoms with Gasteiger partial charge in [0.1, 0.15) is 12.1 Å². The summed E-state index contributed by atoms with van der Waals surface area (Å²) in [6, 6.07) is 9.51. The highest BCUT2D eigenvalue weighted by atomic mass is 32.2. The van der Waals surface area contributed by atoms with E-state index in [1.54, 1.807) is 6.07 Å². The fourth-order valence-corrected chi connectivity index (χ4v) is 3.27. The lowest BCUT2D eigenvalue weighted by molar-refractivity contribution is -0.384. The number of nitro groups is 1. The van der Waals surface area contributed by atoms with Gasteiger partial charge in [-0.05, 0) is 34.7 Å². The van der Waals surface area contributed by atoms with E-state index in [4.69, 9.17) is 4.74 Å². The Morgan fingerprint density at radius 3 is 2.69 bits per heavy atom. The number of sulfonamides is 1. The minimum Gasteiger partial charge on any atom is -0.495 e. The molecule has 0 radical (unpaired) electrons. The molecule has 0 aliphatic carbocycles.